The summed E-state index contributed by atoms with van der Waals surface area (Å²) in [5.41, 5.74) is 7.36. The normalized spacial score (nSPS) is 10.3. The first-order chi connectivity index (χ1) is 10.6. The van der Waals surface area contributed by atoms with Gasteiger partial charge in [0.1, 0.15) is 0 Å². The molecule has 1 aromatic carbocycles. The maximum atomic E-state index is 12.2. The third kappa shape index (κ3) is 3.51. The number of ether oxygens (including phenoxy) is 2. The highest BCUT2D eigenvalue weighted by molar-refractivity contribution is 7.16. The van der Waals surface area contributed by atoms with Crippen LogP contribution in [0.25, 0.3) is 0 Å². The highest BCUT2D eigenvalue weighted by atomic mass is 32.1. The Balaban J connectivity index is 2.06. The fourth-order valence-corrected chi connectivity index (χ4v) is 2.94. The van der Waals surface area contributed by atoms with Crippen molar-refractivity contribution in [1.82, 2.24) is 5.32 Å². The summed E-state index contributed by atoms with van der Waals surface area (Å²) in [5, 5.41) is 3.43. The maximum absolute atomic E-state index is 12.2. The number of nitrogen functional groups attached to an aromatic ring is 1. The zero-order chi connectivity index (χ0) is 16.1. The number of methoxy groups -OCH3 is 2. The summed E-state index contributed by atoms with van der Waals surface area (Å²) in [6, 6.07) is 7.39. The van der Waals surface area contributed by atoms with Crippen molar-refractivity contribution in [3.05, 3.63) is 40.3 Å². The Morgan fingerprint density at radius 1 is 1.23 bits per heavy atom. The molecule has 0 unspecified atom stereocenters. The van der Waals surface area contributed by atoms with Crippen LogP contribution in [0.4, 0.5) is 5.00 Å². The summed E-state index contributed by atoms with van der Waals surface area (Å²) in [4.78, 5) is 13.3. The van der Waals surface area contributed by atoms with Gasteiger partial charge in [-0.3, -0.25) is 4.79 Å². The molecule has 2 aromatic rings. The predicted octanol–water partition coefficient (Wildman–Crippen LogP) is 2.84. The van der Waals surface area contributed by atoms with E-state index in [1.807, 2.05) is 31.2 Å². The van der Waals surface area contributed by atoms with Gasteiger partial charge in [-0.05, 0) is 30.2 Å². The van der Waals surface area contributed by atoms with Gasteiger partial charge in [-0.25, -0.2) is 0 Å². The van der Waals surface area contributed by atoms with Crippen molar-refractivity contribution in [1.29, 1.82) is 0 Å². The molecule has 118 valence electrons. The average Bonchev–Trinajstić information content (AvgIpc) is 2.93. The lowest BCUT2D eigenvalue weighted by Crippen LogP contribution is -2.23. The number of amides is 1. The van der Waals surface area contributed by atoms with Gasteiger partial charge < -0.3 is 20.5 Å². The second-order valence-corrected chi connectivity index (χ2v) is 5.88. The number of carbonyl (C=O) groups is 1. The molecule has 0 bridgehead atoms. The minimum absolute atomic E-state index is 0.164. The van der Waals surface area contributed by atoms with E-state index >= 15 is 0 Å². The summed E-state index contributed by atoms with van der Waals surface area (Å²) in [6.45, 7) is 2.44. The minimum atomic E-state index is -0.164. The molecule has 0 aliphatic rings. The van der Waals surface area contributed by atoms with E-state index < -0.39 is 0 Å². The molecule has 0 aliphatic carbocycles. The molecule has 0 spiro atoms. The molecular formula is C16H20N2O3S. The molecule has 22 heavy (non-hydrogen) atoms. The zero-order valence-corrected chi connectivity index (χ0v) is 13.8. The van der Waals surface area contributed by atoms with Crippen LogP contribution in [0.3, 0.4) is 0 Å². The molecule has 1 amide bonds. The SMILES string of the molecule is CCc1cc(C(=O)NCc2ccc(OC)c(OC)c2)c(N)s1. The van der Waals surface area contributed by atoms with Crippen LogP contribution in [0.5, 0.6) is 11.5 Å². The molecule has 0 radical (unpaired) electrons. The highest BCUT2D eigenvalue weighted by Crippen LogP contribution is 2.28. The number of benzene rings is 1. The van der Waals surface area contributed by atoms with Gasteiger partial charge in [-0.2, -0.15) is 0 Å². The van der Waals surface area contributed by atoms with E-state index in [1.165, 1.54) is 11.3 Å². The molecule has 0 aliphatic heterocycles. The molecule has 0 fully saturated rings. The number of thiophene rings is 1. The Hall–Kier alpha value is -2.21. The second kappa shape index (κ2) is 7.17. The fourth-order valence-electron chi connectivity index (χ4n) is 2.08. The molecular weight excluding hydrogens is 300 g/mol. The number of rotatable bonds is 6. The van der Waals surface area contributed by atoms with E-state index in [9.17, 15) is 4.79 Å². The quantitative estimate of drug-likeness (QED) is 0.858. The number of aryl methyl sites for hydroxylation is 1. The van der Waals surface area contributed by atoms with Gasteiger partial charge in [-0.1, -0.05) is 13.0 Å². The summed E-state index contributed by atoms with van der Waals surface area (Å²) >= 11 is 1.46. The zero-order valence-electron chi connectivity index (χ0n) is 12.9. The molecule has 0 atom stereocenters. The van der Waals surface area contributed by atoms with Crippen molar-refractivity contribution in [3.8, 4) is 11.5 Å². The number of anilines is 1. The van der Waals surface area contributed by atoms with Gasteiger partial charge >= 0.3 is 0 Å². The minimum Gasteiger partial charge on any atom is -0.493 e. The van der Waals surface area contributed by atoms with Gasteiger partial charge in [0.2, 0.25) is 0 Å². The third-order valence-electron chi connectivity index (χ3n) is 3.31. The van der Waals surface area contributed by atoms with Crippen molar-refractivity contribution in [3.63, 3.8) is 0 Å². The maximum Gasteiger partial charge on any atom is 0.254 e. The van der Waals surface area contributed by atoms with Crippen molar-refractivity contribution in [2.45, 2.75) is 19.9 Å². The Labute approximate surface area is 134 Å². The van der Waals surface area contributed by atoms with Crippen molar-refractivity contribution >= 4 is 22.2 Å². The van der Waals surface area contributed by atoms with E-state index in [2.05, 4.69) is 5.32 Å². The molecule has 2 rings (SSSR count). The van der Waals surface area contributed by atoms with Crippen LogP contribution in [0.15, 0.2) is 24.3 Å². The van der Waals surface area contributed by atoms with Crippen LogP contribution in [0.1, 0.15) is 27.7 Å². The van der Waals surface area contributed by atoms with Crippen LogP contribution in [-0.4, -0.2) is 20.1 Å². The molecule has 1 aromatic heterocycles. The Bertz CT molecular complexity index is 667. The Kier molecular flexibility index (Phi) is 5.27. The first-order valence-corrected chi connectivity index (χ1v) is 7.78. The van der Waals surface area contributed by atoms with E-state index in [4.69, 9.17) is 15.2 Å². The second-order valence-electron chi connectivity index (χ2n) is 4.72. The number of hydrogen-bond donors (Lipinski definition) is 2. The lowest BCUT2D eigenvalue weighted by atomic mass is 10.2. The number of carbonyl (C=O) groups excluding carboxylic acids is 1. The van der Waals surface area contributed by atoms with E-state index in [1.54, 1.807) is 14.2 Å². The van der Waals surface area contributed by atoms with E-state index in [-0.39, 0.29) is 5.91 Å². The Morgan fingerprint density at radius 3 is 2.55 bits per heavy atom. The number of nitrogens with two attached hydrogens (primary N) is 1. The van der Waals surface area contributed by atoms with E-state index in [0.29, 0.717) is 28.6 Å². The first kappa shape index (κ1) is 16.2. The van der Waals surface area contributed by atoms with Crippen LogP contribution in [0, 0.1) is 0 Å². The van der Waals surface area contributed by atoms with Crippen LogP contribution < -0.4 is 20.5 Å². The molecule has 3 N–H and O–H groups in total. The lowest BCUT2D eigenvalue weighted by molar-refractivity contribution is 0.0952. The third-order valence-corrected chi connectivity index (χ3v) is 4.41. The van der Waals surface area contributed by atoms with Gasteiger partial charge in [-0.15, -0.1) is 11.3 Å². The predicted molar refractivity (Wildman–Crippen MR) is 88.8 cm³/mol. The topological polar surface area (TPSA) is 73.6 Å². The molecule has 6 heteroatoms. The summed E-state index contributed by atoms with van der Waals surface area (Å²) in [7, 11) is 3.17. The molecule has 0 saturated carbocycles. The highest BCUT2D eigenvalue weighted by Gasteiger charge is 2.13. The van der Waals surface area contributed by atoms with E-state index in [0.717, 1.165) is 16.9 Å². The standard InChI is InChI=1S/C16H20N2O3S/c1-4-11-8-12(15(17)22-11)16(19)18-9-10-5-6-13(20-2)14(7-10)21-3/h5-8H,4,9,17H2,1-3H3,(H,18,19). The molecule has 5 nitrogen and oxygen atoms in total. The van der Waals surface area contributed by atoms with Crippen molar-refractivity contribution in [2.75, 3.05) is 20.0 Å². The molecule has 1 heterocycles. The summed E-state index contributed by atoms with van der Waals surface area (Å²) in [5.74, 6) is 1.13. The number of hydrogen-bond acceptors (Lipinski definition) is 5. The van der Waals surface area contributed by atoms with Gasteiger partial charge in [0, 0.05) is 11.4 Å². The van der Waals surface area contributed by atoms with Crippen molar-refractivity contribution < 1.29 is 14.3 Å². The van der Waals surface area contributed by atoms with Crippen LogP contribution >= 0.6 is 11.3 Å². The van der Waals surface area contributed by atoms with Crippen LogP contribution in [0.2, 0.25) is 0 Å². The smallest absolute Gasteiger partial charge is 0.254 e. The molecule has 0 saturated heterocycles. The Morgan fingerprint density at radius 2 is 1.95 bits per heavy atom. The van der Waals surface area contributed by atoms with Gasteiger partial charge in [0.15, 0.2) is 11.5 Å². The largest absolute Gasteiger partial charge is 0.493 e. The first-order valence-electron chi connectivity index (χ1n) is 6.96. The summed E-state index contributed by atoms with van der Waals surface area (Å²) < 4.78 is 10.4. The lowest BCUT2D eigenvalue weighted by Gasteiger charge is -2.10. The van der Waals surface area contributed by atoms with Gasteiger partial charge in [0.05, 0.1) is 24.8 Å². The van der Waals surface area contributed by atoms with Gasteiger partial charge in [0.25, 0.3) is 5.91 Å². The summed E-state index contributed by atoms with van der Waals surface area (Å²) in [6.07, 6.45) is 0.873. The fraction of sp³-hybridized carbons (Fsp3) is 0.312. The number of nitrogens with one attached hydrogen (secondary N) is 1. The average molecular weight is 320 g/mol. The van der Waals surface area contributed by atoms with Crippen LogP contribution in [-0.2, 0) is 13.0 Å². The van der Waals surface area contributed by atoms with Crippen molar-refractivity contribution in [2.24, 2.45) is 0 Å². The monoisotopic (exact) mass is 320 g/mol.